The van der Waals surface area contributed by atoms with Gasteiger partial charge in [0.1, 0.15) is 0 Å². The SMILES string of the molecule is CCC[CH2][Sn]([CH2]CCC)([CH2]CCC)[c]1cc2c(s1)c(-c1ccccc1)c(-c1ccccc1)c1s[c]([Sn]([CH2]CCC)([CH2]CCC)[CH2]CCC)cc12. The number of hydrogen-bond acceptors (Lipinski definition) is 2. The molecule has 0 radical (unpaired) electrons. The monoisotopic (exact) mass is 922 g/mol. The van der Waals surface area contributed by atoms with E-state index in [0.717, 1.165) is 0 Å². The summed E-state index contributed by atoms with van der Waals surface area (Å²) in [6.07, 6.45) is 16.5. The summed E-state index contributed by atoms with van der Waals surface area (Å²) in [7, 11) is 0. The molecule has 0 atom stereocenters. The fourth-order valence-electron chi connectivity index (χ4n) is 8.64. The van der Waals surface area contributed by atoms with Crippen molar-refractivity contribution in [2.24, 2.45) is 0 Å². The number of fused-ring (bicyclic) bond motifs is 3. The Balaban J connectivity index is 1.91. The van der Waals surface area contributed by atoms with Crippen molar-refractivity contribution >= 4 is 85.4 Å². The minimum atomic E-state index is -2.67. The Morgan fingerprint density at radius 3 is 0.940 bits per heavy atom. The molecule has 5 aromatic rings. The summed E-state index contributed by atoms with van der Waals surface area (Å²) < 4.78 is 16.2. The molecule has 0 saturated heterocycles. The second-order valence-electron chi connectivity index (χ2n) is 15.4. The predicted molar refractivity (Wildman–Crippen MR) is 237 cm³/mol. The van der Waals surface area contributed by atoms with Crippen LogP contribution in [0, 0.1) is 0 Å². The van der Waals surface area contributed by atoms with Crippen LogP contribution in [0.4, 0.5) is 0 Å². The number of benzene rings is 3. The third-order valence-corrected chi connectivity index (χ3v) is 50.4. The topological polar surface area (TPSA) is 0 Å². The molecule has 50 heavy (non-hydrogen) atoms. The molecule has 0 bridgehead atoms. The van der Waals surface area contributed by atoms with Gasteiger partial charge in [-0.3, -0.25) is 0 Å². The quantitative estimate of drug-likeness (QED) is 0.0607. The maximum atomic E-state index is 2.85. The molecule has 0 N–H and O–H groups in total. The van der Waals surface area contributed by atoms with Crippen LogP contribution in [0.25, 0.3) is 42.4 Å². The van der Waals surface area contributed by atoms with Crippen LogP contribution in [0.3, 0.4) is 0 Å². The van der Waals surface area contributed by atoms with Crippen molar-refractivity contribution in [1.29, 1.82) is 0 Å². The first-order valence-electron chi connectivity index (χ1n) is 20.7. The van der Waals surface area contributed by atoms with Crippen LogP contribution in [-0.2, 0) is 0 Å². The Morgan fingerprint density at radius 1 is 0.400 bits per heavy atom. The summed E-state index contributed by atoms with van der Waals surface area (Å²) in [4.78, 5) is 0. The summed E-state index contributed by atoms with van der Waals surface area (Å²) in [6, 6.07) is 28.8. The van der Waals surface area contributed by atoms with E-state index in [0.29, 0.717) is 0 Å². The summed E-state index contributed by atoms with van der Waals surface area (Å²) in [5.74, 6) is 0. The summed E-state index contributed by atoms with van der Waals surface area (Å²) in [5, 5.41) is 3.21. The zero-order valence-corrected chi connectivity index (χ0v) is 39.8. The van der Waals surface area contributed by atoms with Crippen LogP contribution in [0.5, 0.6) is 0 Å². The van der Waals surface area contributed by atoms with E-state index >= 15 is 0 Å². The van der Waals surface area contributed by atoms with Gasteiger partial charge >= 0.3 is 326 Å². The fraction of sp³-hybridized carbons (Fsp3) is 0.522. The minimum absolute atomic E-state index is 1.33. The van der Waals surface area contributed by atoms with E-state index in [1.807, 2.05) is 5.79 Å². The first-order valence-corrected chi connectivity index (χ1v) is 37.3. The maximum absolute atomic E-state index is 2.85. The van der Waals surface area contributed by atoms with E-state index in [9.17, 15) is 0 Å². The Morgan fingerprint density at radius 2 is 0.680 bits per heavy atom. The zero-order valence-electron chi connectivity index (χ0n) is 32.5. The fourth-order valence-corrected chi connectivity index (χ4v) is 49.4. The first-order chi connectivity index (χ1) is 24.5. The molecular weight excluding hydrogens is 854 g/mol. The third kappa shape index (κ3) is 9.09. The van der Waals surface area contributed by atoms with Gasteiger partial charge in [0, 0.05) is 0 Å². The van der Waals surface area contributed by atoms with Crippen molar-refractivity contribution in [3.05, 3.63) is 72.8 Å². The molecule has 0 spiro atoms. The van der Waals surface area contributed by atoms with Gasteiger partial charge in [-0.1, -0.05) is 0 Å². The Labute approximate surface area is 322 Å². The average molecular weight is 921 g/mol. The van der Waals surface area contributed by atoms with Crippen LogP contribution in [0.2, 0.25) is 26.6 Å². The molecule has 270 valence electrons. The van der Waals surface area contributed by atoms with E-state index in [1.165, 1.54) is 126 Å². The summed E-state index contributed by atoms with van der Waals surface area (Å²) in [5.41, 5.74) is 5.83. The van der Waals surface area contributed by atoms with Crippen LogP contribution in [0.1, 0.15) is 119 Å². The second-order valence-corrected chi connectivity index (χ2v) is 45.8. The Kier molecular flexibility index (Phi) is 16.2. The number of hydrogen-bond donors (Lipinski definition) is 0. The van der Waals surface area contributed by atoms with Crippen molar-refractivity contribution in [1.82, 2.24) is 0 Å². The Hall–Kier alpha value is -0.823. The molecule has 0 aliphatic carbocycles. The molecular formula is C46H66S2Sn2. The number of rotatable bonds is 22. The van der Waals surface area contributed by atoms with Gasteiger partial charge in [-0.2, -0.15) is 0 Å². The average Bonchev–Trinajstić information content (AvgIpc) is 3.81. The van der Waals surface area contributed by atoms with Crippen LogP contribution in [0.15, 0.2) is 72.8 Å². The second kappa shape index (κ2) is 20.0. The van der Waals surface area contributed by atoms with Gasteiger partial charge in [-0.15, -0.1) is 0 Å². The molecule has 5 rings (SSSR count). The van der Waals surface area contributed by atoms with Gasteiger partial charge in [0.25, 0.3) is 0 Å². The van der Waals surface area contributed by atoms with Gasteiger partial charge in [0.05, 0.1) is 0 Å². The molecule has 4 heteroatoms. The van der Waals surface area contributed by atoms with Crippen LogP contribution < -0.4 is 5.79 Å². The summed E-state index contributed by atoms with van der Waals surface area (Å²) >= 11 is -0.800. The van der Waals surface area contributed by atoms with Crippen molar-refractivity contribution < 1.29 is 0 Å². The number of unbranched alkanes of at least 4 members (excludes halogenated alkanes) is 6. The third-order valence-electron chi connectivity index (χ3n) is 11.7. The van der Waals surface area contributed by atoms with Crippen LogP contribution in [-0.4, -0.2) is 36.8 Å². The molecule has 2 heterocycles. The van der Waals surface area contributed by atoms with Gasteiger partial charge in [-0.25, -0.2) is 0 Å². The van der Waals surface area contributed by atoms with Crippen molar-refractivity contribution in [3.63, 3.8) is 0 Å². The molecule has 2 aromatic heterocycles. The first kappa shape index (κ1) is 40.4. The standard InChI is InChI=1S/C22H12S2.6C4H9.2Sn/c1-3-7-15(8-4-1)19-20(16-9-5-2-6-10-16)22-18(12-14-24-22)17-11-13-23-21(17)19;6*1-3-4-2;;/h1-12H;6*1,3-4H2,2H3;;. The normalized spacial score (nSPS) is 12.4. The molecule has 0 fully saturated rings. The molecule has 0 unspecified atom stereocenters. The molecule has 3 aromatic carbocycles. The van der Waals surface area contributed by atoms with Gasteiger partial charge in [0.2, 0.25) is 0 Å². The van der Waals surface area contributed by atoms with Gasteiger partial charge < -0.3 is 0 Å². The van der Waals surface area contributed by atoms with E-state index in [-0.39, 0.29) is 0 Å². The number of thiophene rings is 2. The molecule has 0 aliphatic rings. The van der Waals surface area contributed by atoms with Gasteiger partial charge in [-0.05, 0) is 0 Å². The van der Waals surface area contributed by atoms with Gasteiger partial charge in [0.15, 0.2) is 0 Å². The Bertz CT molecular complexity index is 1560. The van der Waals surface area contributed by atoms with E-state index in [4.69, 9.17) is 0 Å². The predicted octanol–water partition coefficient (Wildman–Crippen LogP) is 15.6. The summed E-state index contributed by atoms with van der Waals surface area (Å²) in [6.45, 7) is 14.5. The zero-order chi connectivity index (χ0) is 35.4. The van der Waals surface area contributed by atoms with E-state index < -0.39 is 36.8 Å². The molecule has 0 saturated carbocycles. The molecule has 0 nitrogen and oxygen atoms in total. The molecule has 0 amide bonds. The van der Waals surface area contributed by atoms with Crippen molar-refractivity contribution in [3.8, 4) is 22.3 Å². The van der Waals surface area contributed by atoms with Crippen molar-refractivity contribution in [2.75, 3.05) is 0 Å². The van der Waals surface area contributed by atoms with E-state index in [2.05, 4.69) is 137 Å². The van der Waals surface area contributed by atoms with E-state index in [1.54, 1.807) is 20.2 Å². The molecule has 0 aliphatic heterocycles. The van der Waals surface area contributed by atoms with Crippen LogP contribution >= 0.6 is 22.7 Å². The van der Waals surface area contributed by atoms with Crippen molar-refractivity contribution in [2.45, 2.75) is 145 Å².